The van der Waals surface area contributed by atoms with Crippen LogP contribution in [-0.4, -0.2) is 24.0 Å². The maximum Gasteiger partial charge on any atom is 0.224 e. The molecule has 1 unspecified atom stereocenters. The molecule has 13 heavy (non-hydrogen) atoms. The smallest absolute Gasteiger partial charge is 0.224 e. The molecule has 1 amide bonds. The minimum atomic E-state index is 0.279. The van der Waals surface area contributed by atoms with E-state index in [2.05, 4.69) is 19.2 Å². The number of hydrogen-bond donors (Lipinski definition) is 1. The van der Waals surface area contributed by atoms with E-state index in [0.29, 0.717) is 11.3 Å². The molecule has 3 heteroatoms. The lowest BCUT2D eigenvalue weighted by Gasteiger charge is -2.23. The van der Waals surface area contributed by atoms with Gasteiger partial charge in [-0.2, -0.15) is 11.8 Å². The molecule has 0 radical (unpaired) electrons. The van der Waals surface area contributed by atoms with Crippen LogP contribution in [0.25, 0.3) is 0 Å². The quantitative estimate of drug-likeness (QED) is 0.746. The molecule has 1 saturated carbocycles. The lowest BCUT2D eigenvalue weighted by atomic mass is 10.1. The number of thioether (sulfide) groups is 1. The van der Waals surface area contributed by atoms with Crippen LogP contribution in [0.5, 0.6) is 0 Å². The van der Waals surface area contributed by atoms with E-state index < -0.39 is 0 Å². The highest BCUT2D eigenvalue weighted by Crippen LogP contribution is 2.51. The summed E-state index contributed by atoms with van der Waals surface area (Å²) in [6.07, 6.45) is 1.27. The van der Waals surface area contributed by atoms with Gasteiger partial charge in [0.2, 0.25) is 5.91 Å². The first-order chi connectivity index (χ1) is 6.09. The molecule has 2 nitrogen and oxygen atoms in total. The fraction of sp³-hybridized carbons (Fsp3) is 0.900. The molecule has 0 bridgehead atoms. The Kier molecular flexibility index (Phi) is 2.30. The molecule has 74 valence electrons. The minimum Gasteiger partial charge on any atom is -0.356 e. The fourth-order valence-corrected chi connectivity index (χ4v) is 2.45. The number of hydrogen-bond acceptors (Lipinski definition) is 2. The molecule has 0 spiro atoms. The van der Waals surface area contributed by atoms with Crippen LogP contribution in [0.4, 0.5) is 0 Å². The zero-order chi connectivity index (χ0) is 9.47. The van der Waals surface area contributed by atoms with Gasteiger partial charge in [0, 0.05) is 18.1 Å². The fourth-order valence-electron chi connectivity index (χ4n) is 1.68. The highest BCUT2D eigenvalue weighted by molar-refractivity contribution is 8.00. The topological polar surface area (TPSA) is 29.1 Å². The molecule has 1 aliphatic heterocycles. The van der Waals surface area contributed by atoms with Gasteiger partial charge < -0.3 is 5.32 Å². The second kappa shape index (κ2) is 3.19. The number of amides is 1. The number of carbonyl (C=O) groups is 1. The molecular weight excluding hydrogens is 182 g/mol. The van der Waals surface area contributed by atoms with E-state index in [4.69, 9.17) is 0 Å². The molecule has 1 aliphatic carbocycles. The average Bonchev–Trinajstić information content (AvgIpc) is 2.51. The first-order valence-corrected chi connectivity index (χ1v) is 6.10. The van der Waals surface area contributed by atoms with E-state index in [1.807, 2.05) is 11.8 Å². The van der Waals surface area contributed by atoms with E-state index in [0.717, 1.165) is 24.0 Å². The number of nitrogens with one attached hydrogen (secondary N) is 1. The van der Waals surface area contributed by atoms with Gasteiger partial charge in [0.25, 0.3) is 0 Å². The van der Waals surface area contributed by atoms with Crippen LogP contribution >= 0.6 is 11.8 Å². The van der Waals surface area contributed by atoms with Crippen molar-refractivity contribution in [1.29, 1.82) is 0 Å². The van der Waals surface area contributed by atoms with Crippen molar-refractivity contribution in [2.45, 2.75) is 20.3 Å². The Morgan fingerprint density at radius 3 is 2.54 bits per heavy atom. The molecule has 0 aromatic carbocycles. The molecule has 0 aromatic heterocycles. The normalized spacial score (nSPS) is 30.8. The summed E-state index contributed by atoms with van der Waals surface area (Å²) in [7, 11) is 0. The molecule has 2 aliphatic rings. The Bertz CT molecular complexity index is 223. The molecule has 1 saturated heterocycles. The van der Waals surface area contributed by atoms with Crippen LogP contribution in [0.3, 0.4) is 0 Å². The van der Waals surface area contributed by atoms with Crippen molar-refractivity contribution in [3.05, 3.63) is 0 Å². The molecule has 1 heterocycles. The van der Waals surface area contributed by atoms with Crippen LogP contribution in [0.15, 0.2) is 0 Å². The molecular formula is C10H17NOS. The zero-order valence-electron chi connectivity index (χ0n) is 8.30. The van der Waals surface area contributed by atoms with Gasteiger partial charge in [-0.15, -0.1) is 0 Å². The van der Waals surface area contributed by atoms with Gasteiger partial charge in [-0.1, -0.05) is 13.8 Å². The van der Waals surface area contributed by atoms with Gasteiger partial charge in [-0.25, -0.2) is 0 Å². The van der Waals surface area contributed by atoms with Crippen molar-refractivity contribution in [1.82, 2.24) is 5.32 Å². The Morgan fingerprint density at radius 1 is 1.54 bits per heavy atom. The Labute approximate surface area is 83.8 Å². The third kappa shape index (κ3) is 2.01. The Hall–Kier alpha value is -0.180. The average molecular weight is 199 g/mol. The highest BCUT2D eigenvalue weighted by atomic mass is 32.2. The van der Waals surface area contributed by atoms with Crippen molar-refractivity contribution in [3.8, 4) is 0 Å². The molecule has 2 fully saturated rings. The second-order valence-corrected chi connectivity index (χ2v) is 5.94. The SMILES string of the molecule is CC1(C)CC1CNC(=O)C1CSC1. The summed E-state index contributed by atoms with van der Waals surface area (Å²) in [6.45, 7) is 5.43. The van der Waals surface area contributed by atoms with Gasteiger partial charge in [-0.05, 0) is 17.8 Å². The van der Waals surface area contributed by atoms with Gasteiger partial charge in [-0.3, -0.25) is 4.79 Å². The largest absolute Gasteiger partial charge is 0.356 e. The highest BCUT2D eigenvalue weighted by Gasteiger charge is 2.45. The van der Waals surface area contributed by atoms with Crippen molar-refractivity contribution in [2.24, 2.45) is 17.3 Å². The first kappa shape index (κ1) is 9.38. The standard InChI is InChI=1S/C10H17NOS/c1-10(2)3-8(10)4-11-9(12)7-5-13-6-7/h7-8H,3-6H2,1-2H3,(H,11,12). The maximum absolute atomic E-state index is 11.4. The van der Waals surface area contributed by atoms with Crippen molar-refractivity contribution < 1.29 is 4.79 Å². The predicted octanol–water partition coefficient (Wildman–Crippen LogP) is 1.51. The van der Waals surface area contributed by atoms with Crippen LogP contribution in [0.2, 0.25) is 0 Å². The third-order valence-corrected chi connectivity index (χ3v) is 4.53. The van der Waals surface area contributed by atoms with Crippen LogP contribution in [0.1, 0.15) is 20.3 Å². The lowest BCUT2D eigenvalue weighted by Crippen LogP contribution is -2.39. The third-order valence-electron chi connectivity index (χ3n) is 3.25. The summed E-state index contributed by atoms with van der Waals surface area (Å²) in [5.74, 6) is 3.37. The van der Waals surface area contributed by atoms with E-state index in [-0.39, 0.29) is 5.91 Å². The van der Waals surface area contributed by atoms with Crippen molar-refractivity contribution in [2.75, 3.05) is 18.1 Å². The second-order valence-electron chi connectivity index (χ2n) is 4.87. The summed E-state index contributed by atoms with van der Waals surface area (Å²) in [6, 6.07) is 0. The van der Waals surface area contributed by atoms with Crippen LogP contribution in [0, 0.1) is 17.3 Å². The molecule has 0 aromatic rings. The zero-order valence-corrected chi connectivity index (χ0v) is 9.12. The summed E-state index contributed by atoms with van der Waals surface area (Å²) < 4.78 is 0. The number of carbonyl (C=O) groups excluding carboxylic acids is 1. The van der Waals surface area contributed by atoms with Crippen molar-refractivity contribution in [3.63, 3.8) is 0 Å². The molecule has 1 N–H and O–H groups in total. The summed E-state index contributed by atoms with van der Waals surface area (Å²) in [4.78, 5) is 11.4. The summed E-state index contributed by atoms with van der Waals surface area (Å²) in [5, 5.41) is 3.05. The van der Waals surface area contributed by atoms with Crippen molar-refractivity contribution >= 4 is 17.7 Å². The first-order valence-electron chi connectivity index (χ1n) is 4.95. The number of rotatable bonds is 3. The van der Waals surface area contributed by atoms with E-state index in [1.54, 1.807) is 0 Å². The van der Waals surface area contributed by atoms with Gasteiger partial charge in [0.1, 0.15) is 0 Å². The molecule has 2 rings (SSSR count). The predicted molar refractivity (Wildman–Crippen MR) is 55.7 cm³/mol. The van der Waals surface area contributed by atoms with Gasteiger partial charge in [0.05, 0.1) is 5.92 Å². The Morgan fingerprint density at radius 2 is 2.15 bits per heavy atom. The van der Waals surface area contributed by atoms with Gasteiger partial charge in [0.15, 0.2) is 0 Å². The lowest BCUT2D eigenvalue weighted by molar-refractivity contribution is -0.124. The molecule has 1 atom stereocenters. The van der Waals surface area contributed by atoms with E-state index >= 15 is 0 Å². The Balaban J connectivity index is 1.65. The van der Waals surface area contributed by atoms with E-state index in [9.17, 15) is 4.79 Å². The minimum absolute atomic E-state index is 0.279. The maximum atomic E-state index is 11.4. The van der Waals surface area contributed by atoms with Crippen LogP contribution in [-0.2, 0) is 4.79 Å². The monoisotopic (exact) mass is 199 g/mol. The van der Waals surface area contributed by atoms with E-state index in [1.165, 1.54) is 6.42 Å². The van der Waals surface area contributed by atoms with Crippen LogP contribution < -0.4 is 5.32 Å². The van der Waals surface area contributed by atoms with Gasteiger partial charge >= 0.3 is 0 Å². The summed E-state index contributed by atoms with van der Waals surface area (Å²) >= 11 is 1.86. The summed E-state index contributed by atoms with van der Waals surface area (Å²) in [5.41, 5.74) is 0.488.